The van der Waals surface area contributed by atoms with E-state index in [0.29, 0.717) is 11.8 Å². The number of hydrogen-bond donors (Lipinski definition) is 2. The van der Waals surface area contributed by atoms with Crippen LogP contribution in [0.3, 0.4) is 0 Å². The summed E-state index contributed by atoms with van der Waals surface area (Å²) in [6, 6.07) is 2.16. The van der Waals surface area contributed by atoms with Gasteiger partial charge in [-0.25, -0.2) is 0 Å². The second-order valence-electron chi connectivity index (χ2n) is 3.37. The first-order valence-electron chi connectivity index (χ1n) is 4.36. The minimum absolute atomic E-state index is 0.285. The minimum atomic E-state index is 0.285. The van der Waals surface area contributed by atoms with E-state index in [1.807, 2.05) is 0 Å². The van der Waals surface area contributed by atoms with Gasteiger partial charge in [0.05, 0.1) is 0 Å². The summed E-state index contributed by atoms with van der Waals surface area (Å²) in [5.74, 6) is 0.895. The van der Waals surface area contributed by atoms with E-state index in [1.54, 1.807) is 11.3 Å². The predicted molar refractivity (Wildman–Crippen MR) is 58.2 cm³/mol. The maximum Gasteiger partial charge on any atom is 0.0478 e. The van der Waals surface area contributed by atoms with Gasteiger partial charge in [0.25, 0.3) is 0 Å². The van der Waals surface area contributed by atoms with Crippen LogP contribution >= 0.6 is 27.3 Å². The van der Waals surface area contributed by atoms with E-state index in [0.717, 1.165) is 17.6 Å². The fourth-order valence-electron chi connectivity index (χ4n) is 1.78. The Morgan fingerprint density at radius 3 is 3.08 bits per heavy atom. The molecule has 13 heavy (non-hydrogen) atoms. The third kappa shape index (κ3) is 1.96. The molecule has 0 saturated carbocycles. The molecule has 0 spiro atoms. The average molecular weight is 262 g/mol. The second-order valence-corrected chi connectivity index (χ2v) is 5.23. The molecule has 2 nitrogen and oxygen atoms in total. The largest absolute Gasteiger partial charge is 0.396 e. The summed E-state index contributed by atoms with van der Waals surface area (Å²) in [6.45, 7) is 2.22. The summed E-state index contributed by atoms with van der Waals surface area (Å²) in [5.41, 5.74) is 0. The first-order valence-corrected chi connectivity index (χ1v) is 6.04. The lowest BCUT2D eigenvalue weighted by Gasteiger charge is -2.13. The monoisotopic (exact) mass is 261 g/mol. The summed E-state index contributed by atoms with van der Waals surface area (Å²) in [6.07, 6.45) is 0. The van der Waals surface area contributed by atoms with Crippen LogP contribution in [-0.4, -0.2) is 24.8 Å². The predicted octanol–water partition coefficient (Wildman–Crippen LogP) is 1.81. The van der Waals surface area contributed by atoms with Gasteiger partial charge in [0.15, 0.2) is 0 Å². The molecular weight excluding hydrogens is 250 g/mol. The maximum absolute atomic E-state index is 9.16. The summed E-state index contributed by atoms with van der Waals surface area (Å²) in [4.78, 5) is 1.37. The van der Waals surface area contributed by atoms with Crippen LogP contribution in [0.4, 0.5) is 0 Å². The quantitative estimate of drug-likeness (QED) is 0.852. The van der Waals surface area contributed by atoms with Gasteiger partial charge >= 0.3 is 0 Å². The van der Waals surface area contributed by atoms with E-state index in [1.165, 1.54) is 4.88 Å². The summed E-state index contributed by atoms with van der Waals surface area (Å²) in [7, 11) is 0. The fourth-order valence-corrected chi connectivity index (χ4v) is 3.42. The molecule has 1 saturated heterocycles. The van der Waals surface area contributed by atoms with Crippen molar-refractivity contribution in [2.45, 2.75) is 5.92 Å². The van der Waals surface area contributed by atoms with Gasteiger partial charge in [0, 0.05) is 46.3 Å². The molecule has 1 aliphatic rings. The molecule has 1 aromatic rings. The van der Waals surface area contributed by atoms with Crippen molar-refractivity contribution in [1.82, 2.24) is 5.32 Å². The van der Waals surface area contributed by atoms with Gasteiger partial charge in [-0.1, -0.05) is 0 Å². The minimum Gasteiger partial charge on any atom is -0.396 e. The molecule has 1 fully saturated rings. The summed E-state index contributed by atoms with van der Waals surface area (Å²) < 4.78 is 1.15. The van der Waals surface area contributed by atoms with Crippen LogP contribution in [0.2, 0.25) is 0 Å². The van der Waals surface area contributed by atoms with E-state index in [9.17, 15) is 0 Å². The normalized spacial score (nSPS) is 28.2. The Kier molecular flexibility index (Phi) is 3.03. The third-order valence-electron chi connectivity index (χ3n) is 2.53. The van der Waals surface area contributed by atoms with Crippen molar-refractivity contribution in [1.29, 1.82) is 0 Å². The molecule has 0 unspecified atom stereocenters. The smallest absolute Gasteiger partial charge is 0.0478 e. The molecule has 2 rings (SSSR count). The molecule has 72 valence electrons. The standard InChI is InChI=1S/C9H12BrNOS/c10-7-1-9(13-5-7)8-3-11-2-6(8)4-12/h1,5-6,8,11-12H,2-4H2/t6-,8-/m1/s1. The SMILES string of the molecule is OC[C@H]1CNC[C@H]1c1cc(Br)cs1. The lowest BCUT2D eigenvalue weighted by atomic mass is 9.95. The van der Waals surface area contributed by atoms with Crippen molar-refractivity contribution >= 4 is 27.3 Å². The van der Waals surface area contributed by atoms with Crippen LogP contribution in [0.25, 0.3) is 0 Å². The van der Waals surface area contributed by atoms with E-state index < -0.39 is 0 Å². The number of hydrogen-bond acceptors (Lipinski definition) is 3. The van der Waals surface area contributed by atoms with Crippen LogP contribution in [-0.2, 0) is 0 Å². The van der Waals surface area contributed by atoms with Gasteiger partial charge in [-0.3, -0.25) is 0 Å². The molecule has 2 atom stereocenters. The average Bonchev–Trinajstić information content (AvgIpc) is 2.71. The molecule has 2 heterocycles. The zero-order valence-corrected chi connectivity index (χ0v) is 9.57. The first kappa shape index (κ1) is 9.65. The molecule has 0 aromatic carbocycles. The van der Waals surface area contributed by atoms with Crippen molar-refractivity contribution < 1.29 is 5.11 Å². The van der Waals surface area contributed by atoms with Gasteiger partial charge in [-0.15, -0.1) is 11.3 Å². The lowest BCUT2D eigenvalue weighted by molar-refractivity contribution is 0.227. The maximum atomic E-state index is 9.16. The van der Waals surface area contributed by atoms with Crippen molar-refractivity contribution in [3.63, 3.8) is 0 Å². The Hall–Kier alpha value is 0.1000. The first-order chi connectivity index (χ1) is 6.31. The zero-order valence-electron chi connectivity index (χ0n) is 7.16. The van der Waals surface area contributed by atoms with Crippen molar-refractivity contribution in [3.8, 4) is 0 Å². The number of nitrogens with one attached hydrogen (secondary N) is 1. The molecule has 0 aliphatic carbocycles. The highest BCUT2D eigenvalue weighted by Gasteiger charge is 2.28. The lowest BCUT2D eigenvalue weighted by Crippen LogP contribution is -2.14. The van der Waals surface area contributed by atoms with Crippen molar-refractivity contribution in [2.75, 3.05) is 19.7 Å². The Balaban J connectivity index is 2.15. The van der Waals surface area contributed by atoms with E-state index in [4.69, 9.17) is 5.11 Å². The number of rotatable bonds is 2. The van der Waals surface area contributed by atoms with Crippen LogP contribution in [0.5, 0.6) is 0 Å². The number of halogens is 1. The molecule has 0 radical (unpaired) electrons. The highest BCUT2D eigenvalue weighted by molar-refractivity contribution is 9.10. The second kappa shape index (κ2) is 4.09. The molecule has 1 aliphatic heterocycles. The molecule has 1 aromatic heterocycles. The van der Waals surface area contributed by atoms with Crippen LogP contribution < -0.4 is 5.32 Å². The Bertz CT molecular complexity index is 289. The summed E-state index contributed by atoms with van der Waals surface area (Å²) in [5, 5.41) is 14.6. The van der Waals surface area contributed by atoms with Gasteiger partial charge in [-0.05, 0) is 22.0 Å². The molecule has 0 amide bonds. The van der Waals surface area contributed by atoms with Gasteiger partial charge < -0.3 is 10.4 Å². The Morgan fingerprint density at radius 2 is 2.46 bits per heavy atom. The van der Waals surface area contributed by atoms with Crippen molar-refractivity contribution in [2.24, 2.45) is 5.92 Å². The van der Waals surface area contributed by atoms with Crippen LogP contribution in [0, 0.1) is 5.92 Å². The summed E-state index contributed by atoms with van der Waals surface area (Å²) >= 11 is 5.22. The Labute approximate surface area is 90.1 Å². The van der Waals surface area contributed by atoms with Crippen LogP contribution in [0.1, 0.15) is 10.8 Å². The highest BCUT2D eigenvalue weighted by atomic mass is 79.9. The molecule has 4 heteroatoms. The molecule has 0 bridgehead atoms. The molecule has 2 N–H and O–H groups in total. The van der Waals surface area contributed by atoms with E-state index in [2.05, 4.69) is 32.7 Å². The highest BCUT2D eigenvalue weighted by Crippen LogP contribution is 2.33. The number of thiophene rings is 1. The molecular formula is C9H12BrNOS. The number of aliphatic hydroxyl groups is 1. The van der Waals surface area contributed by atoms with Gasteiger partial charge in [0.1, 0.15) is 0 Å². The van der Waals surface area contributed by atoms with E-state index >= 15 is 0 Å². The van der Waals surface area contributed by atoms with E-state index in [-0.39, 0.29) is 6.61 Å². The Morgan fingerprint density at radius 1 is 1.62 bits per heavy atom. The van der Waals surface area contributed by atoms with Crippen LogP contribution in [0.15, 0.2) is 15.9 Å². The number of aliphatic hydroxyl groups excluding tert-OH is 1. The fraction of sp³-hybridized carbons (Fsp3) is 0.556. The van der Waals surface area contributed by atoms with Gasteiger partial charge in [0.2, 0.25) is 0 Å². The zero-order chi connectivity index (χ0) is 9.26. The van der Waals surface area contributed by atoms with Crippen molar-refractivity contribution in [3.05, 3.63) is 20.8 Å². The topological polar surface area (TPSA) is 32.3 Å². The third-order valence-corrected chi connectivity index (χ3v) is 4.35. The van der Waals surface area contributed by atoms with Gasteiger partial charge in [-0.2, -0.15) is 0 Å².